The van der Waals surface area contributed by atoms with Crippen molar-refractivity contribution in [2.45, 2.75) is 38.3 Å². The Morgan fingerprint density at radius 3 is 2.30 bits per heavy atom. The highest BCUT2D eigenvalue weighted by Gasteiger charge is 2.42. The van der Waals surface area contributed by atoms with Crippen LogP contribution in [0, 0.1) is 17.8 Å². The van der Waals surface area contributed by atoms with Crippen LogP contribution in [-0.4, -0.2) is 5.78 Å². The Bertz CT molecular complexity index is 503. The largest absolute Gasteiger partial charge is 0.416 e. The average molecular weight is 282 g/mol. The van der Waals surface area contributed by atoms with E-state index in [0.717, 1.165) is 25.0 Å². The molecule has 0 aliphatic heterocycles. The van der Waals surface area contributed by atoms with Gasteiger partial charge in [-0.25, -0.2) is 0 Å². The number of alkyl halides is 3. The molecule has 1 aromatic carbocycles. The van der Waals surface area contributed by atoms with E-state index in [2.05, 4.69) is 0 Å². The SMILES string of the molecule is O=C(Cc1ccc(C(F)(F)F)cc1)C1CC2CCC1C2. The van der Waals surface area contributed by atoms with Gasteiger partial charge in [0.2, 0.25) is 0 Å². The topological polar surface area (TPSA) is 17.1 Å². The molecule has 0 aromatic heterocycles. The number of carbonyl (C=O) groups is 1. The first kappa shape index (κ1) is 13.7. The highest BCUT2D eigenvalue weighted by Crippen LogP contribution is 2.48. The first-order valence-electron chi connectivity index (χ1n) is 7.12. The minimum atomic E-state index is -4.31. The molecule has 4 heteroatoms. The molecule has 0 radical (unpaired) electrons. The second kappa shape index (κ2) is 4.90. The summed E-state index contributed by atoms with van der Waals surface area (Å²) in [5, 5.41) is 0. The van der Waals surface area contributed by atoms with E-state index < -0.39 is 11.7 Å². The van der Waals surface area contributed by atoms with Crippen LogP contribution in [0.5, 0.6) is 0 Å². The molecule has 0 spiro atoms. The quantitative estimate of drug-likeness (QED) is 0.810. The molecule has 1 nitrogen and oxygen atoms in total. The Labute approximate surface area is 116 Å². The molecule has 108 valence electrons. The fourth-order valence-corrected chi connectivity index (χ4v) is 3.78. The summed E-state index contributed by atoms with van der Waals surface area (Å²) in [5.41, 5.74) is 0.0272. The normalized spacial score (nSPS) is 28.9. The van der Waals surface area contributed by atoms with Gasteiger partial charge in [0.05, 0.1) is 5.56 Å². The lowest BCUT2D eigenvalue weighted by Gasteiger charge is -2.20. The highest BCUT2D eigenvalue weighted by molar-refractivity contribution is 5.84. The van der Waals surface area contributed by atoms with Crippen LogP contribution < -0.4 is 0 Å². The number of halogens is 3. The molecular weight excluding hydrogens is 265 g/mol. The van der Waals surface area contributed by atoms with Crippen molar-refractivity contribution in [1.82, 2.24) is 0 Å². The van der Waals surface area contributed by atoms with Crippen molar-refractivity contribution in [3.63, 3.8) is 0 Å². The molecule has 3 atom stereocenters. The van der Waals surface area contributed by atoms with Gasteiger partial charge in [0.1, 0.15) is 5.78 Å². The third-order valence-electron chi connectivity index (χ3n) is 4.81. The zero-order valence-electron chi connectivity index (χ0n) is 11.1. The monoisotopic (exact) mass is 282 g/mol. The van der Waals surface area contributed by atoms with E-state index in [4.69, 9.17) is 0 Å². The van der Waals surface area contributed by atoms with Crippen molar-refractivity contribution < 1.29 is 18.0 Å². The van der Waals surface area contributed by atoms with Crippen LogP contribution in [0.4, 0.5) is 13.2 Å². The van der Waals surface area contributed by atoms with Crippen LogP contribution in [0.25, 0.3) is 0 Å². The van der Waals surface area contributed by atoms with Gasteiger partial charge in [-0.2, -0.15) is 13.2 Å². The predicted octanol–water partition coefficient (Wildman–Crippen LogP) is 4.25. The molecule has 20 heavy (non-hydrogen) atoms. The summed E-state index contributed by atoms with van der Waals surface area (Å²) in [6.45, 7) is 0. The molecule has 1 aromatic rings. The van der Waals surface area contributed by atoms with Gasteiger partial charge < -0.3 is 0 Å². The van der Waals surface area contributed by atoms with Gasteiger partial charge in [-0.05, 0) is 48.8 Å². The summed E-state index contributed by atoms with van der Waals surface area (Å²) in [7, 11) is 0. The Morgan fingerprint density at radius 2 is 1.80 bits per heavy atom. The Kier molecular flexibility index (Phi) is 3.35. The molecule has 2 aliphatic rings. The molecule has 0 heterocycles. The maximum Gasteiger partial charge on any atom is 0.416 e. The third-order valence-corrected chi connectivity index (χ3v) is 4.81. The lowest BCUT2D eigenvalue weighted by atomic mass is 9.83. The van der Waals surface area contributed by atoms with E-state index in [1.165, 1.54) is 25.0 Å². The fourth-order valence-electron chi connectivity index (χ4n) is 3.78. The van der Waals surface area contributed by atoms with Gasteiger partial charge >= 0.3 is 6.18 Å². The molecule has 2 fully saturated rings. The molecule has 2 bridgehead atoms. The number of carbonyl (C=O) groups excluding carboxylic acids is 1. The summed E-state index contributed by atoms with van der Waals surface area (Å²) < 4.78 is 37.4. The van der Waals surface area contributed by atoms with Crippen molar-refractivity contribution in [2.75, 3.05) is 0 Å². The predicted molar refractivity (Wildman–Crippen MR) is 69.1 cm³/mol. The maximum absolute atomic E-state index is 12.5. The molecule has 0 amide bonds. The van der Waals surface area contributed by atoms with E-state index in [9.17, 15) is 18.0 Å². The van der Waals surface area contributed by atoms with Gasteiger partial charge in [0.25, 0.3) is 0 Å². The Morgan fingerprint density at radius 1 is 1.10 bits per heavy atom. The van der Waals surface area contributed by atoms with E-state index >= 15 is 0 Å². The Hall–Kier alpha value is -1.32. The first-order chi connectivity index (χ1) is 9.43. The first-order valence-corrected chi connectivity index (χ1v) is 7.12. The summed E-state index contributed by atoms with van der Waals surface area (Å²) in [6.07, 6.45) is 0.509. The maximum atomic E-state index is 12.5. The van der Waals surface area contributed by atoms with Crippen LogP contribution in [0.3, 0.4) is 0 Å². The summed E-state index contributed by atoms with van der Waals surface area (Å²) >= 11 is 0. The van der Waals surface area contributed by atoms with Crippen molar-refractivity contribution in [1.29, 1.82) is 0 Å². The molecule has 3 unspecified atom stereocenters. The zero-order valence-corrected chi connectivity index (χ0v) is 11.1. The van der Waals surface area contributed by atoms with Crippen molar-refractivity contribution in [3.05, 3.63) is 35.4 Å². The minimum absolute atomic E-state index is 0.149. The van der Waals surface area contributed by atoms with E-state index in [-0.39, 0.29) is 18.1 Å². The minimum Gasteiger partial charge on any atom is -0.299 e. The smallest absolute Gasteiger partial charge is 0.299 e. The lowest BCUT2D eigenvalue weighted by molar-refractivity contribution is -0.137. The van der Waals surface area contributed by atoms with Crippen molar-refractivity contribution in [2.24, 2.45) is 17.8 Å². The average Bonchev–Trinajstić information content (AvgIpc) is 3.00. The van der Waals surface area contributed by atoms with Crippen LogP contribution in [0.2, 0.25) is 0 Å². The number of hydrogen-bond acceptors (Lipinski definition) is 1. The summed E-state index contributed by atoms with van der Waals surface area (Å²) in [5.74, 6) is 1.59. The zero-order chi connectivity index (χ0) is 14.3. The second-order valence-corrected chi connectivity index (χ2v) is 6.12. The standard InChI is InChI=1S/C16H17F3O/c17-16(18,19)13-5-2-10(3-6-13)9-15(20)14-8-11-1-4-12(14)7-11/h2-3,5-6,11-12,14H,1,4,7-9H2. The van der Waals surface area contributed by atoms with E-state index in [1.54, 1.807) is 0 Å². The number of hydrogen-bond donors (Lipinski definition) is 0. The number of Topliss-reactive ketones (excluding diaryl/α,β-unsaturated/α-hetero) is 1. The summed E-state index contributed by atoms with van der Waals surface area (Å²) in [4.78, 5) is 12.3. The molecular formula is C16H17F3O. The van der Waals surface area contributed by atoms with Crippen LogP contribution in [-0.2, 0) is 17.4 Å². The number of rotatable bonds is 3. The highest BCUT2D eigenvalue weighted by atomic mass is 19.4. The Balaban J connectivity index is 1.64. The van der Waals surface area contributed by atoms with Crippen molar-refractivity contribution >= 4 is 5.78 Å². The number of ketones is 1. The number of benzene rings is 1. The van der Waals surface area contributed by atoms with E-state index in [1.807, 2.05) is 0 Å². The van der Waals surface area contributed by atoms with Crippen LogP contribution in [0.1, 0.15) is 36.8 Å². The molecule has 3 rings (SSSR count). The van der Waals surface area contributed by atoms with E-state index in [0.29, 0.717) is 17.4 Å². The van der Waals surface area contributed by atoms with Crippen molar-refractivity contribution in [3.8, 4) is 0 Å². The van der Waals surface area contributed by atoms with Crippen LogP contribution >= 0.6 is 0 Å². The molecule has 0 N–H and O–H groups in total. The fraction of sp³-hybridized carbons (Fsp3) is 0.562. The second-order valence-electron chi connectivity index (χ2n) is 6.12. The molecule has 0 saturated heterocycles. The van der Waals surface area contributed by atoms with Gasteiger partial charge in [-0.1, -0.05) is 18.6 Å². The summed E-state index contributed by atoms with van der Waals surface area (Å²) in [6, 6.07) is 4.97. The van der Waals surface area contributed by atoms with Crippen LogP contribution in [0.15, 0.2) is 24.3 Å². The lowest BCUT2D eigenvalue weighted by Crippen LogP contribution is -2.22. The van der Waals surface area contributed by atoms with Gasteiger partial charge in [0.15, 0.2) is 0 Å². The molecule has 2 saturated carbocycles. The number of fused-ring (bicyclic) bond motifs is 2. The van der Waals surface area contributed by atoms with Gasteiger partial charge in [0, 0.05) is 12.3 Å². The molecule has 2 aliphatic carbocycles. The van der Waals surface area contributed by atoms with Gasteiger partial charge in [-0.3, -0.25) is 4.79 Å². The third kappa shape index (κ3) is 2.60. The van der Waals surface area contributed by atoms with Gasteiger partial charge in [-0.15, -0.1) is 0 Å².